The largest absolute Gasteiger partial charge is 0.481 e. The maximum atomic E-state index is 10.2. The molecule has 0 spiro atoms. The van der Waals surface area contributed by atoms with Crippen molar-refractivity contribution < 1.29 is 69.3 Å². The Hall–Kier alpha value is -4.64. The molecule has 0 aliphatic rings. The first kappa shape index (κ1) is 49.1. The van der Waals surface area contributed by atoms with E-state index in [2.05, 4.69) is 10.7 Å². The van der Waals surface area contributed by atoms with Gasteiger partial charge in [-0.05, 0) is 25.2 Å². The molecule has 0 heterocycles. The zero-order valence-electron chi connectivity index (χ0n) is 24.3. The van der Waals surface area contributed by atoms with E-state index in [9.17, 15) is 33.6 Å². The molecule has 0 amide bonds. The van der Waals surface area contributed by atoms with E-state index in [0.717, 1.165) is 0 Å². The van der Waals surface area contributed by atoms with Crippen LogP contribution in [0.3, 0.4) is 0 Å². The lowest BCUT2D eigenvalue weighted by Crippen LogP contribution is -2.34. The van der Waals surface area contributed by atoms with Crippen molar-refractivity contribution in [3.05, 3.63) is 0 Å². The molecule has 0 rings (SSSR count). The third-order valence-corrected chi connectivity index (χ3v) is 4.16. The zero-order chi connectivity index (χ0) is 36.2. The van der Waals surface area contributed by atoms with E-state index >= 15 is 0 Å². The molecule has 21 N–H and O–H groups in total. The zero-order valence-corrected chi connectivity index (χ0v) is 24.3. The van der Waals surface area contributed by atoms with Gasteiger partial charge in [-0.15, -0.1) is 0 Å². The second-order valence-corrected chi connectivity index (χ2v) is 8.52. The van der Waals surface area contributed by atoms with Gasteiger partial charge < -0.3 is 75.9 Å². The van der Waals surface area contributed by atoms with E-state index in [0.29, 0.717) is 19.4 Å². The van der Waals surface area contributed by atoms with Crippen molar-refractivity contribution in [2.24, 2.45) is 51.0 Å². The molecule has 0 radical (unpaired) electrons. The standard InChI is InChI=1S/C6H14N4O2.C5H9NO4.C5H11NO2.C4H7NO4.C2H5NO2/c7-4(5(11)12)2-1-3-10-6(8)9;6-3(5(9)10)1-2-4(7)8;1-3(2)4(6)5(7)8;5-2(4(8)9)1-3(6)7;3-1-2(4)5/h4H,1-3,7H2,(H,11,12)(H4,8,9,10);3H,1-2,6H2,(H,7,8)(H,9,10);3-4H,6H2,1-2H3,(H,7,8);2H,1,5H2,(H,6,7)(H,8,9);1,3H2,(H,4,5)/t4-;3-;4-;2-;/m0000./s1. The number of aliphatic imine (C=N–C) groups is 1. The van der Waals surface area contributed by atoms with Gasteiger partial charge in [-0.3, -0.25) is 38.6 Å². The Morgan fingerprint density at radius 3 is 1.20 bits per heavy atom. The number of nitrogens with two attached hydrogens (primary N) is 7. The molecule has 22 heteroatoms. The molecule has 258 valence electrons. The second kappa shape index (κ2) is 29.8. The number of carboxylic acids is 7. The van der Waals surface area contributed by atoms with Crippen molar-refractivity contribution in [2.45, 2.75) is 70.1 Å². The number of guanidine groups is 1. The van der Waals surface area contributed by atoms with E-state index in [1.807, 2.05) is 0 Å². The highest BCUT2D eigenvalue weighted by Crippen LogP contribution is 1.96. The molecule has 0 unspecified atom stereocenters. The average molecular weight is 647 g/mol. The maximum Gasteiger partial charge on any atom is 0.321 e. The quantitative estimate of drug-likeness (QED) is 0.0454. The van der Waals surface area contributed by atoms with Crippen molar-refractivity contribution >= 4 is 47.7 Å². The van der Waals surface area contributed by atoms with E-state index in [1.54, 1.807) is 13.8 Å². The van der Waals surface area contributed by atoms with Crippen LogP contribution in [0.25, 0.3) is 0 Å². The molecule has 0 bridgehead atoms. The molecule has 0 aliphatic heterocycles. The van der Waals surface area contributed by atoms with Crippen molar-refractivity contribution in [3.8, 4) is 0 Å². The normalized spacial score (nSPS) is 12.1. The van der Waals surface area contributed by atoms with Crippen molar-refractivity contribution in [3.63, 3.8) is 0 Å². The Morgan fingerprint density at radius 1 is 0.614 bits per heavy atom. The molecular formula is C22H46N8O14. The number of hydrogen-bond donors (Lipinski definition) is 14. The van der Waals surface area contributed by atoms with E-state index in [-0.39, 0.29) is 31.3 Å². The number of aliphatic carboxylic acids is 7. The van der Waals surface area contributed by atoms with E-state index < -0.39 is 72.4 Å². The number of rotatable bonds is 15. The van der Waals surface area contributed by atoms with Crippen molar-refractivity contribution in [1.29, 1.82) is 0 Å². The fourth-order valence-electron chi connectivity index (χ4n) is 1.61. The summed E-state index contributed by atoms with van der Waals surface area (Å²) in [5, 5.41) is 56.5. The Balaban J connectivity index is -0.000000147. The fraction of sp³-hybridized carbons (Fsp3) is 0.636. The lowest BCUT2D eigenvalue weighted by Gasteiger charge is -2.07. The lowest BCUT2D eigenvalue weighted by atomic mass is 10.1. The predicted molar refractivity (Wildman–Crippen MR) is 153 cm³/mol. The van der Waals surface area contributed by atoms with Gasteiger partial charge in [-0.1, -0.05) is 13.8 Å². The lowest BCUT2D eigenvalue weighted by molar-refractivity contribution is -0.144. The summed E-state index contributed by atoms with van der Waals surface area (Å²) in [6.45, 7) is 3.70. The highest BCUT2D eigenvalue weighted by Gasteiger charge is 2.15. The van der Waals surface area contributed by atoms with Crippen LogP contribution in [0.5, 0.6) is 0 Å². The van der Waals surface area contributed by atoms with Gasteiger partial charge in [0.05, 0.1) is 13.0 Å². The minimum Gasteiger partial charge on any atom is -0.481 e. The summed E-state index contributed by atoms with van der Waals surface area (Å²) in [5.41, 5.74) is 34.9. The Morgan fingerprint density at radius 2 is 1.00 bits per heavy atom. The van der Waals surface area contributed by atoms with Gasteiger partial charge in [0, 0.05) is 13.0 Å². The van der Waals surface area contributed by atoms with Gasteiger partial charge in [0.1, 0.15) is 24.2 Å². The summed E-state index contributed by atoms with van der Waals surface area (Å²) in [7, 11) is 0. The molecule has 0 saturated heterocycles. The number of carboxylic acid groups (broad SMARTS) is 7. The number of hydrogen-bond acceptors (Lipinski definition) is 13. The topological polar surface area (TPSA) is 456 Å². The van der Waals surface area contributed by atoms with Gasteiger partial charge in [0.25, 0.3) is 0 Å². The Kier molecular flexibility index (Phi) is 33.3. The van der Waals surface area contributed by atoms with Crippen LogP contribution in [0.2, 0.25) is 0 Å². The molecular weight excluding hydrogens is 600 g/mol. The summed E-state index contributed by atoms with van der Waals surface area (Å²) in [4.78, 5) is 72.6. The smallest absolute Gasteiger partial charge is 0.321 e. The van der Waals surface area contributed by atoms with E-state index in [1.165, 1.54) is 0 Å². The van der Waals surface area contributed by atoms with Crippen LogP contribution in [0, 0.1) is 5.92 Å². The first-order chi connectivity index (χ1) is 19.9. The maximum absolute atomic E-state index is 10.2. The molecule has 4 atom stereocenters. The van der Waals surface area contributed by atoms with Crippen LogP contribution in [0.1, 0.15) is 46.0 Å². The molecule has 0 aromatic rings. The minimum absolute atomic E-state index is 0.0129. The Bertz CT molecular complexity index is 913. The van der Waals surface area contributed by atoms with Crippen LogP contribution in [0.15, 0.2) is 4.99 Å². The molecule has 44 heavy (non-hydrogen) atoms. The summed E-state index contributed by atoms with van der Waals surface area (Å²) < 4.78 is 0. The third-order valence-electron chi connectivity index (χ3n) is 4.16. The first-order valence-corrected chi connectivity index (χ1v) is 12.3. The van der Waals surface area contributed by atoms with Gasteiger partial charge in [-0.2, -0.15) is 0 Å². The highest BCUT2D eigenvalue weighted by molar-refractivity contribution is 5.80. The predicted octanol–water partition coefficient (Wildman–Crippen LogP) is -4.33. The monoisotopic (exact) mass is 646 g/mol. The molecule has 0 aromatic heterocycles. The van der Waals surface area contributed by atoms with E-state index in [4.69, 9.17) is 70.1 Å². The molecule has 22 nitrogen and oxygen atoms in total. The summed E-state index contributed by atoms with van der Waals surface area (Å²) in [6, 6.07) is -3.88. The minimum atomic E-state index is -1.29. The highest BCUT2D eigenvalue weighted by atomic mass is 16.4. The molecule has 0 aliphatic carbocycles. The third kappa shape index (κ3) is 44.4. The fourth-order valence-corrected chi connectivity index (χ4v) is 1.61. The number of nitrogens with zero attached hydrogens (tertiary/aromatic N) is 1. The van der Waals surface area contributed by atoms with Gasteiger partial charge in [0.2, 0.25) is 0 Å². The van der Waals surface area contributed by atoms with Crippen molar-refractivity contribution in [1.82, 2.24) is 0 Å². The van der Waals surface area contributed by atoms with Crippen LogP contribution in [0.4, 0.5) is 0 Å². The first-order valence-electron chi connectivity index (χ1n) is 12.3. The SMILES string of the molecule is CC(C)[C@H](N)C(=O)O.NC(N)=NCCC[C@H](N)C(=O)O.NCC(=O)O.N[C@@H](CC(=O)O)C(=O)O.N[C@@H](CCC(=O)O)C(=O)O. The summed E-state index contributed by atoms with van der Waals surface area (Å²) in [5.74, 6) is -7.56. The van der Waals surface area contributed by atoms with Crippen LogP contribution >= 0.6 is 0 Å². The average Bonchev–Trinajstić information content (AvgIpc) is 2.89. The van der Waals surface area contributed by atoms with Gasteiger partial charge >= 0.3 is 41.8 Å². The molecule has 0 fully saturated rings. The van der Waals surface area contributed by atoms with Crippen LogP contribution in [-0.4, -0.2) is 121 Å². The summed E-state index contributed by atoms with van der Waals surface area (Å²) >= 11 is 0. The molecule has 0 saturated carbocycles. The van der Waals surface area contributed by atoms with Crippen LogP contribution in [-0.2, 0) is 33.6 Å². The van der Waals surface area contributed by atoms with Gasteiger partial charge in [0.15, 0.2) is 5.96 Å². The Labute approximate surface area is 251 Å². The van der Waals surface area contributed by atoms with Crippen molar-refractivity contribution in [2.75, 3.05) is 13.1 Å². The summed E-state index contributed by atoms with van der Waals surface area (Å²) in [6.07, 6.45) is 0.199. The second-order valence-electron chi connectivity index (χ2n) is 8.52. The molecule has 0 aromatic carbocycles. The van der Waals surface area contributed by atoms with Crippen LogP contribution < -0.4 is 40.1 Å². The number of carbonyl (C=O) groups is 7. The van der Waals surface area contributed by atoms with Gasteiger partial charge in [-0.25, -0.2) is 0 Å².